The SMILES string of the molecule is COc1ccc(NC(=O)Cn2c(=O)n(CCc3nc(C)no3)c(=O)c3cc4c(cc32)OCO4)cc1OC. The van der Waals surface area contributed by atoms with Crippen molar-refractivity contribution < 1.29 is 28.3 Å². The molecule has 0 saturated carbocycles. The average molecular weight is 509 g/mol. The maximum Gasteiger partial charge on any atom is 0.331 e. The van der Waals surface area contributed by atoms with E-state index in [2.05, 4.69) is 15.5 Å². The van der Waals surface area contributed by atoms with E-state index in [0.29, 0.717) is 34.5 Å². The summed E-state index contributed by atoms with van der Waals surface area (Å²) in [6.45, 7) is 1.26. The molecule has 0 unspecified atom stereocenters. The Morgan fingerprint density at radius 1 is 1.05 bits per heavy atom. The lowest BCUT2D eigenvalue weighted by Gasteiger charge is -2.15. The zero-order chi connectivity index (χ0) is 26.1. The first-order chi connectivity index (χ1) is 17.9. The molecule has 2 aromatic carbocycles. The molecule has 0 spiro atoms. The van der Waals surface area contributed by atoms with E-state index in [0.717, 1.165) is 4.57 Å². The van der Waals surface area contributed by atoms with E-state index in [1.165, 1.54) is 30.9 Å². The molecule has 1 N–H and O–H groups in total. The number of nitrogens with zero attached hydrogens (tertiary/aromatic N) is 4. The van der Waals surface area contributed by atoms with Crippen molar-refractivity contribution in [1.82, 2.24) is 19.3 Å². The van der Waals surface area contributed by atoms with E-state index < -0.39 is 17.2 Å². The molecule has 0 aliphatic carbocycles. The second-order valence-electron chi connectivity index (χ2n) is 8.15. The van der Waals surface area contributed by atoms with Crippen molar-refractivity contribution in [3.05, 3.63) is 62.9 Å². The number of aromatic nitrogens is 4. The van der Waals surface area contributed by atoms with Gasteiger partial charge in [-0.2, -0.15) is 4.98 Å². The molecule has 0 atom stereocenters. The minimum absolute atomic E-state index is 0.0135. The highest BCUT2D eigenvalue weighted by Gasteiger charge is 2.22. The van der Waals surface area contributed by atoms with E-state index in [9.17, 15) is 14.4 Å². The Kier molecular flexibility index (Phi) is 6.26. The van der Waals surface area contributed by atoms with Crippen LogP contribution < -0.4 is 35.5 Å². The first-order valence-corrected chi connectivity index (χ1v) is 11.3. The molecular formula is C24H23N5O8. The summed E-state index contributed by atoms with van der Waals surface area (Å²) < 4.78 is 28.7. The van der Waals surface area contributed by atoms with Crippen molar-refractivity contribution in [2.75, 3.05) is 26.3 Å². The molecule has 5 rings (SSSR count). The predicted molar refractivity (Wildman–Crippen MR) is 130 cm³/mol. The molecule has 1 amide bonds. The van der Waals surface area contributed by atoms with Crippen LogP contribution in [0.3, 0.4) is 0 Å². The van der Waals surface area contributed by atoms with Crippen molar-refractivity contribution in [3.8, 4) is 23.0 Å². The van der Waals surface area contributed by atoms with Crippen molar-refractivity contribution in [1.29, 1.82) is 0 Å². The highest BCUT2D eigenvalue weighted by Crippen LogP contribution is 2.35. The van der Waals surface area contributed by atoms with Gasteiger partial charge in [0.25, 0.3) is 5.56 Å². The number of amides is 1. The maximum atomic E-state index is 13.5. The quantitative estimate of drug-likeness (QED) is 0.370. The van der Waals surface area contributed by atoms with Crippen LogP contribution in [0.25, 0.3) is 10.9 Å². The van der Waals surface area contributed by atoms with Gasteiger partial charge >= 0.3 is 5.69 Å². The van der Waals surface area contributed by atoms with E-state index in [1.54, 1.807) is 25.1 Å². The molecule has 37 heavy (non-hydrogen) atoms. The number of rotatable bonds is 8. The third-order valence-electron chi connectivity index (χ3n) is 5.81. The lowest BCUT2D eigenvalue weighted by Crippen LogP contribution is -2.42. The number of methoxy groups -OCH3 is 2. The molecule has 13 heteroatoms. The fourth-order valence-corrected chi connectivity index (χ4v) is 4.06. The molecule has 0 saturated heterocycles. The Morgan fingerprint density at radius 3 is 2.51 bits per heavy atom. The standard InChI is InChI=1S/C24H23N5O8/c1-13-25-22(37-27-13)6-7-28-23(31)15-9-19-20(36-12-35-19)10-16(15)29(24(28)32)11-21(30)26-14-4-5-17(33-2)18(8-14)34-3/h4-5,8-10H,6-7,11-12H2,1-3H3,(H,26,30). The fraction of sp³-hybridized carbons (Fsp3) is 0.292. The van der Waals surface area contributed by atoms with E-state index >= 15 is 0 Å². The molecule has 0 bridgehead atoms. The van der Waals surface area contributed by atoms with Gasteiger partial charge < -0.3 is 28.8 Å². The van der Waals surface area contributed by atoms with Gasteiger partial charge in [0, 0.05) is 30.8 Å². The van der Waals surface area contributed by atoms with Crippen LogP contribution in [-0.2, 0) is 24.3 Å². The van der Waals surface area contributed by atoms with Crippen LogP contribution in [0, 0.1) is 6.92 Å². The van der Waals surface area contributed by atoms with Crippen LogP contribution in [-0.4, -0.2) is 46.2 Å². The number of aryl methyl sites for hydroxylation is 2. The van der Waals surface area contributed by atoms with Gasteiger partial charge in [-0.1, -0.05) is 5.16 Å². The number of carbonyl (C=O) groups excluding carboxylic acids is 1. The number of benzene rings is 2. The number of hydrogen-bond donors (Lipinski definition) is 1. The molecule has 3 heterocycles. The Morgan fingerprint density at radius 2 is 1.81 bits per heavy atom. The fourth-order valence-electron chi connectivity index (χ4n) is 4.06. The van der Waals surface area contributed by atoms with E-state index in [-0.39, 0.29) is 43.1 Å². The number of ether oxygens (including phenoxy) is 4. The molecule has 4 aromatic rings. The summed E-state index contributed by atoms with van der Waals surface area (Å²) in [4.78, 5) is 43.9. The van der Waals surface area contributed by atoms with E-state index in [4.69, 9.17) is 23.5 Å². The van der Waals surface area contributed by atoms with E-state index in [1.807, 2.05) is 0 Å². The summed E-state index contributed by atoms with van der Waals surface area (Å²) in [5, 5.41) is 6.67. The molecule has 0 fully saturated rings. The minimum atomic E-state index is -0.671. The Hall–Kier alpha value is -4.81. The zero-order valence-electron chi connectivity index (χ0n) is 20.3. The van der Waals surface area contributed by atoms with Gasteiger partial charge in [0.05, 0.1) is 25.1 Å². The summed E-state index contributed by atoms with van der Waals surface area (Å²) in [6.07, 6.45) is 0.157. The summed E-state index contributed by atoms with van der Waals surface area (Å²) in [7, 11) is 2.99. The summed E-state index contributed by atoms with van der Waals surface area (Å²) in [5.74, 6) is 1.92. The second-order valence-corrected chi connectivity index (χ2v) is 8.15. The van der Waals surface area contributed by atoms with Crippen LogP contribution in [0.4, 0.5) is 5.69 Å². The summed E-state index contributed by atoms with van der Waals surface area (Å²) >= 11 is 0. The lowest BCUT2D eigenvalue weighted by atomic mass is 10.2. The molecule has 1 aliphatic rings. The first kappa shape index (κ1) is 23.9. The monoisotopic (exact) mass is 509 g/mol. The van der Waals surface area contributed by atoms with Crippen molar-refractivity contribution in [3.63, 3.8) is 0 Å². The lowest BCUT2D eigenvalue weighted by molar-refractivity contribution is -0.116. The topological polar surface area (TPSA) is 149 Å². The zero-order valence-corrected chi connectivity index (χ0v) is 20.3. The normalized spacial score (nSPS) is 12.1. The smallest absolute Gasteiger partial charge is 0.331 e. The molecule has 1 aliphatic heterocycles. The van der Waals surface area contributed by atoms with Gasteiger partial charge in [0.2, 0.25) is 18.6 Å². The van der Waals surface area contributed by atoms with Gasteiger partial charge in [-0.25, -0.2) is 4.79 Å². The van der Waals surface area contributed by atoms with Gasteiger partial charge in [-0.05, 0) is 25.1 Å². The van der Waals surface area contributed by atoms with Gasteiger partial charge in [-0.3, -0.25) is 18.7 Å². The number of fused-ring (bicyclic) bond motifs is 2. The second kappa shape index (κ2) is 9.68. The predicted octanol–water partition coefficient (Wildman–Crippen LogP) is 1.48. The largest absolute Gasteiger partial charge is 0.493 e. The minimum Gasteiger partial charge on any atom is -0.493 e. The Bertz CT molecular complexity index is 1620. The van der Waals surface area contributed by atoms with Crippen LogP contribution in [0.1, 0.15) is 11.7 Å². The number of carbonyl (C=O) groups is 1. The van der Waals surface area contributed by atoms with Gasteiger partial charge in [0.1, 0.15) is 6.54 Å². The highest BCUT2D eigenvalue weighted by atomic mass is 16.7. The number of hydrogen-bond acceptors (Lipinski definition) is 10. The third-order valence-corrected chi connectivity index (χ3v) is 5.81. The number of anilines is 1. The van der Waals surface area contributed by atoms with Crippen LogP contribution in [0.5, 0.6) is 23.0 Å². The van der Waals surface area contributed by atoms with Crippen molar-refractivity contribution in [2.24, 2.45) is 0 Å². The van der Waals surface area contributed by atoms with Crippen LogP contribution in [0.15, 0.2) is 44.4 Å². The molecule has 192 valence electrons. The summed E-state index contributed by atoms with van der Waals surface area (Å²) in [5.41, 5.74) is -0.523. The first-order valence-electron chi connectivity index (χ1n) is 11.3. The van der Waals surface area contributed by atoms with Gasteiger partial charge in [0.15, 0.2) is 28.8 Å². The number of nitrogens with one attached hydrogen (secondary N) is 1. The Labute approximate surface area is 209 Å². The summed E-state index contributed by atoms with van der Waals surface area (Å²) in [6, 6.07) is 7.93. The van der Waals surface area contributed by atoms with Crippen LogP contribution >= 0.6 is 0 Å². The van der Waals surface area contributed by atoms with Crippen LogP contribution in [0.2, 0.25) is 0 Å². The highest BCUT2D eigenvalue weighted by molar-refractivity contribution is 5.92. The van der Waals surface area contributed by atoms with Gasteiger partial charge in [-0.15, -0.1) is 0 Å². The third kappa shape index (κ3) is 4.58. The van der Waals surface area contributed by atoms with Crippen molar-refractivity contribution >= 4 is 22.5 Å². The average Bonchev–Trinajstić information content (AvgIpc) is 3.53. The molecule has 0 radical (unpaired) electrons. The van der Waals surface area contributed by atoms with Crippen molar-refractivity contribution in [2.45, 2.75) is 26.4 Å². The molecule has 2 aromatic heterocycles. The maximum absolute atomic E-state index is 13.5. The molecule has 13 nitrogen and oxygen atoms in total. The molecular weight excluding hydrogens is 486 g/mol. The Balaban J connectivity index is 1.52.